The summed E-state index contributed by atoms with van der Waals surface area (Å²) in [7, 11) is 0. The van der Waals surface area contributed by atoms with E-state index in [0.717, 1.165) is 29.8 Å². The van der Waals surface area contributed by atoms with E-state index in [-0.39, 0.29) is 12.1 Å². The van der Waals surface area contributed by atoms with Crippen molar-refractivity contribution in [3.05, 3.63) is 34.2 Å². The normalized spacial score (nSPS) is 14.7. The van der Waals surface area contributed by atoms with Gasteiger partial charge in [0, 0.05) is 33.7 Å². The first-order valence-electron chi connectivity index (χ1n) is 6.61. The maximum absolute atomic E-state index is 9.14. The molecule has 0 saturated heterocycles. The summed E-state index contributed by atoms with van der Waals surface area (Å²) in [4.78, 5) is 1.17. The second-order valence-corrected chi connectivity index (χ2v) is 6.59. The Morgan fingerprint density at radius 2 is 2.11 bits per heavy atom. The van der Waals surface area contributed by atoms with E-state index in [2.05, 4.69) is 31.3 Å². The fraction of sp³-hybridized carbons (Fsp3) is 0.467. The molecular weight excluding hydrogens is 278 g/mol. The zero-order valence-corrected chi connectivity index (χ0v) is 12.9. The molecule has 1 heterocycles. The topological polar surface area (TPSA) is 32.3 Å². The highest BCUT2D eigenvalue weighted by atomic mass is 35.5. The number of halogens is 1. The second-order valence-electron chi connectivity index (χ2n) is 5.08. The smallest absolute Gasteiger partial charge is 0.0636 e. The average Bonchev–Trinajstić information content (AvgIpc) is 2.74. The summed E-state index contributed by atoms with van der Waals surface area (Å²) in [5.74, 6) is 0. The van der Waals surface area contributed by atoms with Gasteiger partial charge in [-0.05, 0) is 25.8 Å². The maximum atomic E-state index is 9.14. The maximum Gasteiger partial charge on any atom is 0.0636 e. The van der Waals surface area contributed by atoms with Gasteiger partial charge in [0.2, 0.25) is 0 Å². The monoisotopic (exact) mass is 297 g/mol. The lowest BCUT2D eigenvalue weighted by atomic mass is 9.95. The van der Waals surface area contributed by atoms with Gasteiger partial charge in [0.25, 0.3) is 0 Å². The fourth-order valence-corrected chi connectivity index (χ4v) is 3.55. The third kappa shape index (κ3) is 3.29. The summed E-state index contributed by atoms with van der Waals surface area (Å²) >= 11 is 8.16. The van der Waals surface area contributed by atoms with Crippen molar-refractivity contribution < 1.29 is 5.11 Å². The van der Waals surface area contributed by atoms with E-state index < -0.39 is 0 Å². The van der Waals surface area contributed by atoms with Crippen LogP contribution in [0.1, 0.15) is 31.6 Å². The van der Waals surface area contributed by atoms with Crippen molar-refractivity contribution in [1.82, 2.24) is 5.32 Å². The van der Waals surface area contributed by atoms with Crippen LogP contribution in [0, 0.1) is 0 Å². The molecule has 0 amide bonds. The highest BCUT2D eigenvalue weighted by Gasteiger charge is 2.21. The molecule has 0 aliphatic rings. The van der Waals surface area contributed by atoms with E-state index in [9.17, 15) is 0 Å². The SMILES string of the molecule is CCC(C)(CCO)NCc1sc2ccccc2c1Cl. The molecule has 19 heavy (non-hydrogen) atoms. The van der Waals surface area contributed by atoms with Crippen LogP contribution < -0.4 is 5.32 Å². The molecule has 1 aromatic heterocycles. The standard InChI is InChI=1S/C15H20ClNOS/c1-3-15(2,8-9-18)17-10-13-14(16)11-6-4-5-7-12(11)19-13/h4-7,17-18H,3,8-10H2,1-2H3. The minimum absolute atomic E-state index is 0.0335. The molecule has 0 aliphatic carbocycles. The summed E-state index contributed by atoms with van der Waals surface area (Å²) in [6.07, 6.45) is 1.74. The molecule has 2 rings (SSSR count). The number of fused-ring (bicyclic) bond motifs is 1. The fourth-order valence-electron chi connectivity index (χ4n) is 2.11. The first-order chi connectivity index (χ1) is 9.09. The van der Waals surface area contributed by atoms with Gasteiger partial charge in [-0.15, -0.1) is 11.3 Å². The molecule has 0 spiro atoms. The van der Waals surface area contributed by atoms with Crippen LogP contribution in [0.15, 0.2) is 24.3 Å². The Morgan fingerprint density at radius 1 is 1.37 bits per heavy atom. The Bertz CT molecular complexity index is 554. The van der Waals surface area contributed by atoms with Gasteiger partial charge in [0.05, 0.1) is 5.02 Å². The second kappa shape index (κ2) is 6.23. The molecule has 1 aromatic carbocycles. The van der Waals surface area contributed by atoms with E-state index in [0.29, 0.717) is 0 Å². The number of hydrogen-bond donors (Lipinski definition) is 2. The number of aliphatic hydroxyl groups excluding tert-OH is 1. The number of benzene rings is 1. The Labute approximate surface area is 123 Å². The molecule has 104 valence electrons. The van der Waals surface area contributed by atoms with Crippen LogP contribution in [0.3, 0.4) is 0 Å². The molecule has 2 nitrogen and oxygen atoms in total. The minimum Gasteiger partial charge on any atom is -0.396 e. The van der Waals surface area contributed by atoms with Crippen LogP contribution >= 0.6 is 22.9 Å². The van der Waals surface area contributed by atoms with Crippen LogP contribution in [0.4, 0.5) is 0 Å². The number of thiophene rings is 1. The van der Waals surface area contributed by atoms with Gasteiger partial charge >= 0.3 is 0 Å². The zero-order chi connectivity index (χ0) is 13.9. The lowest BCUT2D eigenvalue weighted by Gasteiger charge is -2.29. The molecule has 0 saturated carbocycles. The summed E-state index contributed by atoms with van der Waals surface area (Å²) in [6.45, 7) is 5.24. The van der Waals surface area contributed by atoms with Gasteiger partial charge in [-0.3, -0.25) is 0 Å². The van der Waals surface area contributed by atoms with Crippen LogP contribution in [-0.2, 0) is 6.54 Å². The van der Waals surface area contributed by atoms with E-state index in [1.165, 1.54) is 9.58 Å². The summed E-state index contributed by atoms with van der Waals surface area (Å²) < 4.78 is 1.23. The van der Waals surface area contributed by atoms with Crippen molar-refractivity contribution in [2.24, 2.45) is 0 Å². The lowest BCUT2D eigenvalue weighted by Crippen LogP contribution is -2.41. The number of hydrogen-bond acceptors (Lipinski definition) is 3. The van der Waals surface area contributed by atoms with Crippen LogP contribution in [0.25, 0.3) is 10.1 Å². The van der Waals surface area contributed by atoms with Crippen LogP contribution in [0.2, 0.25) is 5.02 Å². The van der Waals surface area contributed by atoms with Crippen molar-refractivity contribution >= 4 is 33.0 Å². The van der Waals surface area contributed by atoms with Gasteiger partial charge in [0.1, 0.15) is 0 Å². The zero-order valence-electron chi connectivity index (χ0n) is 11.4. The molecule has 4 heteroatoms. The molecule has 0 bridgehead atoms. The largest absolute Gasteiger partial charge is 0.396 e. The van der Waals surface area contributed by atoms with Crippen molar-refractivity contribution in [2.75, 3.05) is 6.61 Å². The molecular formula is C15H20ClNOS. The Hall–Kier alpha value is -0.610. The molecule has 0 radical (unpaired) electrons. The van der Waals surface area contributed by atoms with Gasteiger partial charge in [-0.25, -0.2) is 0 Å². The van der Waals surface area contributed by atoms with E-state index in [4.69, 9.17) is 16.7 Å². The third-order valence-corrected chi connectivity index (χ3v) is 5.44. The summed E-state index contributed by atoms with van der Waals surface area (Å²) in [5.41, 5.74) is -0.0335. The Balaban J connectivity index is 2.15. The van der Waals surface area contributed by atoms with Gasteiger partial charge in [-0.2, -0.15) is 0 Å². The van der Waals surface area contributed by atoms with Gasteiger partial charge < -0.3 is 10.4 Å². The number of rotatable bonds is 6. The predicted molar refractivity (Wildman–Crippen MR) is 84.1 cm³/mol. The quantitative estimate of drug-likeness (QED) is 0.838. The van der Waals surface area contributed by atoms with Crippen molar-refractivity contribution in [1.29, 1.82) is 0 Å². The molecule has 1 atom stereocenters. The molecule has 0 aliphatic heterocycles. The summed E-state index contributed by atoms with van der Waals surface area (Å²) in [6, 6.07) is 8.21. The van der Waals surface area contributed by atoms with Crippen LogP contribution in [0.5, 0.6) is 0 Å². The lowest BCUT2D eigenvalue weighted by molar-refractivity contribution is 0.215. The van der Waals surface area contributed by atoms with E-state index in [1.54, 1.807) is 11.3 Å². The highest BCUT2D eigenvalue weighted by Crippen LogP contribution is 2.35. The summed E-state index contributed by atoms with van der Waals surface area (Å²) in [5, 5.41) is 14.7. The molecule has 2 N–H and O–H groups in total. The van der Waals surface area contributed by atoms with Crippen LogP contribution in [-0.4, -0.2) is 17.3 Å². The average molecular weight is 298 g/mol. The van der Waals surface area contributed by atoms with E-state index >= 15 is 0 Å². The number of aliphatic hydroxyl groups is 1. The Morgan fingerprint density at radius 3 is 2.74 bits per heavy atom. The predicted octanol–water partition coefficient (Wildman–Crippen LogP) is 4.20. The Kier molecular flexibility index (Phi) is 4.85. The molecule has 2 aromatic rings. The first-order valence-corrected chi connectivity index (χ1v) is 7.81. The first kappa shape index (κ1) is 14.8. The van der Waals surface area contributed by atoms with Crippen molar-refractivity contribution in [2.45, 2.75) is 38.8 Å². The molecule has 0 fully saturated rings. The number of nitrogens with one attached hydrogen (secondary N) is 1. The highest BCUT2D eigenvalue weighted by molar-refractivity contribution is 7.19. The van der Waals surface area contributed by atoms with Gasteiger partial charge in [-0.1, -0.05) is 36.7 Å². The third-order valence-electron chi connectivity index (χ3n) is 3.72. The van der Waals surface area contributed by atoms with Crippen molar-refractivity contribution in [3.63, 3.8) is 0 Å². The van der Waals surface area contributed by atoms with Crippen molar-refractivity contribution in [3.8, 4) is 0 Å². The molecule has 1 unspecified atom stereocenters. The van der Waals surface area contributed by atoms with E-state index in [1.807, 2.05) is 12.1 Å². The van der Waals surface area contributed by atoms with Gasteiger partial charge in [0.15, 0.2) is 0 Å². The minimum atomic E-state index is -0.0335.